The van der Waals surface area contributed by atoms with Crippen molar-refractivity contribution in [2.45, 2.75) is 12.5 Å². The van der Waals surface area contributed by atoms with Gasteiger partial charge in [0.2, 0.25) is 0 Å². The molecule has 1 atom stereocenters. The predicted octanol–water partition coefficient (Wildman–Crippen LogP) is 2.39. The number of rotatable bonds is 3. The summed E-state index contributed by atoms with van der Waals surface area (Å²) in [6.45, 7) is 0. The summed E-state index contributed by atoms with van der Waals surface area (Å²) in [5.41, 5.74) is 8.51. The molecule has 0 unspecified atom stereocenters. The summed E-state index contributed by atoms with van der Waals surface area (Å²) in [6.07, 6.45) is 4.48. The van der Waals surface area contributed by atoms with Gasteiger partial charge in [0, 0.05) is 18.4 Å². The van der Waals surface area contributed by atoms with Crippen LogP contribution in [0.4, 0.5) is 0 Å². The average molecular weight is 204 g/mol. The molecule has 0 aliphatic carbocycles. The van der Waals surface area contributed by atoms with Gasteiger partial charge in [-0.2, -0.15) is 11.3 Å². The van der Waals surface area contributed by atoms with E-state index in [4.69, 9.17) is 5.73 Å². The van der Waals surface area contributed by atoms with Crippen LogP contribution < -0.4 is 5.73 Å². The van der Waals surface area contributed by atoms with E-state index >= 15 is 0 Å². The van der Waals surface area contributed by atoms with E-state index in [1.165, 1.54) is 11.1 Å². The van der Waals surface area contributed by atoms with Gasteiger partial charge in [-0.1, -0.05) is 0 Å². The smallest absolute Gasteiger partial charge is 0.0344 e. The number of hydrogen-bond acceptors (Lipinski definition) is 3. The van der Waals surface area contributed by atoms with Crippen LogP contribution in [0, 0.1) is 0 Å². The van der Waals surface area contributed by atoms with Gasteiger partial charge in [-0.25, -0.2) is 0 Å². The van der Waals surface area contributed by atoms with Crippen molar-refractivity contribution in [3.05, 3.63) is 52.5 Å². The number of pyridine rings is 1. The number of aromatic nitrogens is 1. The van der Waals surface area contributed by atoms with Gasteiger partial charge in [0.15, 0.2) is 0 Å². The SMILES string of the molecule is N[C@H](Cc1ccncc1)c1ccsc1. The fraction of sp³-hybridized carbons (Fsp3) is 0.182. The van der Waals surface area contributed by atoms with Crippen LogP contribution in [0.1, 0.15) is 17.2 Å². The molecule has 2 rings (SSSR count). The Bertz CT molecular complexity index is 369. The molecule has 0 saturated heterocycles. The average Bonchev–Trinajstić information content (AvgIpc) is 2.72. The molecule has 2 nitrogen and oxygen atoms in total. The standard InChI is InChI=1S/C11H12N2S/c12-11(10-3-6-14-8-10)7-9-1-4-13-5-2-9/h1-6,8,11H,7,12H2/t11-/m1/s1. The first-order chi connectivity index (χ1) is 6.86. The molecular formula is C11H12N2S. The van der Waals surface area contributed by atoms with Crippen molar-refractivity contribution in [1.82, 2.24) is 4.98 Å². The van der Waals surface area contributed by atoms with Crippen LogP contribution in [0.15, 0.2) is 41.4 Å². The van der Waals surface area contributed by atoms with Crippen LogP contribution in [-0.4, -0.2) is 4.98 Å². The summed E-state index contributed by atoms with van der Waals surface area (Å²) in [4.78, 5) is 3.98. The van der Waals surface area contributed by atoms with Gasteiger partial charge < -0.3 is 5.73 Å². The summed E-state index contributed by atoms with van der Waals surface area (Å²) in [5.74, 6) is 0. The third-order valence-corrected chi connectivity index (χ3v) is 2.88. The van der Waals surface area contributed by atoms with Crippen LogP contribution in [0.25, 0.3) is 0 Å². The molecular weight excluding hydrogens is 192 g/mol. The zero-order valence-electron chi connectivity index (χ0n) is 7.76. The van der Waals surface area contributed by atoms with Gasteiger partial charge in [0.1, 0.15) is 0 Å². The minimum absolute atomic E-state index is 0.101. The molecule has 0 fully saturated rings. The Hall–Kier alpha value is -1.19. The zero-order chi connectivity index (χ0) is 9.80. The molecule has 72 valence electrons. The summed E-state index contributed by atoms with van der Waals surface area (Å²) in [6, 6.07) is 6.19. The van der Waals surface area contributed by atoms with Gasteiger partial charge in [0.25, 0.3) is 0 Å². The first kappa shape index (κ1) is 9.37. The molecule has 2 aromatic heterocycles. The molecule has 0 aliphatic heterocycles. The maximum Gasteiger partial charge on any atom is 0.0344 e. The first-order valence-electron chi connectivity index (χ1n) is 4.53. The Balaban J connectivity index is 2.06. The van der Waals surface area contributed by atoms with Crippen molar-refractivity contribution in [2.24, 2.45) is 5.73 Å². The van der Waals surface area contributed by atoms with Crippen molar-refractivity contribution < 1.29 is 0 Å². The number of nitrogens with two attached hydrogens (primary N) is 1. The van der Waals surface area contributed by atoms with E-state index < -0.39 is 0 Å². The lowest BCUT2D eigenvalue weighted by molar-refractivity contribution is 0.724. The molecule has 0 aliphatic rings. The summed E-state index contributed by atoms with van der Waals surface area (Å²) >= 11 is 1.69. The maximum absolute atomic E-state index is 6.06. The first-order valence-corrected chi connectivity index (χ1v) is 5.47. The normalized spacial score (nSPS) is 12.6. The van der Waals surface area contributed by atoms with Crippen molar-refractivity contribution in [3.63, 3.8) is 0 Å². The number of nitrogens with zero attached hydrogens (tertiary/aromatic N) is 1. The fourth-order valence-electron chi connectivity index (χ4n) is 1.38. The molecule has 0 bridgehead atoms. The molecule has 2 heterocycles. The number of hydrogen-bond donors (Lipinski definition) is 1. The molecule has 0 radical (unpaired) electrons. The van der Waals surface area contributed by atoms with Crippen molar-refractivity contribution in [1.29, 1.82) is 0 Å². The summed E-state index contributed by atoms with van der Waals surface area (Å²) in [5, 5.41) is 4.16. The lowest BCUT2D eigenvalue weighted by Gasteiger charge is -2.09. The van der Waals surface area contributed by atoms with E-state index in [0.717, 1.165) is 6.42 Å². The van der Waals surface area contributed by atoms with Crippen molar-refractivity contribution >= 4 is 11.3 Å². The van der Waals surface area contributed by atoms with Crippen molar-refractivity contribution in [3.8, 4) is 0 Å². The van der Waals surface area contributed by atoms with Gasteiger partial charge >= 0.3 is 0 Å². The molecule has 2 aromatic rings. The second-order valence-electron chi connectivity index (χ2n) is 3.22. The summed E-state index contributed by atoms with van der Waals surface area (Å²) in [7, 11) is 0. The van der Waals surface area contributed by atoms with Crippen LogP contribution in [0.2, 0.25) is 0 Å². The van der Waals surface area contributed by atoms with Crippen LogP contribution in [0.3, 0.4) is 0 Å². The maximum atomic E-state index is 6.06. The lowest BCUT2D eigenvalue weighted by atomic mass is 10.0. The Morgan fingerprint density at radius 1 is 1.29 bits per heavy atom. The summed E-state index contributed by atoms with van der Waals surface area (Å²) < 4.78 is 0. The second kappa shape index (κ2) is 4.35. The lowest BCUT2D eigenvalue weighted by Crippen LogP contribution is -2.12. The quantitative estimate of drug-likeness (QED) is 0.833. The minimum atomic E-state index is 0.101. The Labute approximate surface area is 87.4 Å². The van der Waals surface area contributed by atoms with Gasteiger partial charge in [-0.15, -0.1) is 0 Å². The van der Waals surface area contributed by atoms with E-state index in [2.05, 4.69) is 21.8 Å². The molecule has 14 heavy (non-hydrogen) atoms. The molecule has 0 amide bonds. The van der Waals surface area contributed by atoms with Crippen molar-refractivity contribution in [2.75, 3.05) is 0 Å². The molecule has 0 spiro atoms. The predicted molar refractivity (Wildman–Crippen MR) is 59.2 cm³/mol. The zero-order valence-corrected chi connectivity index (χ0v) is 8.58. The highest BCUT2D eigenvalue weighted by atomic mass is 32.1. The minimum Gasteiger partial charge on any atom is -0.324 e. The van der Waals surface area contributed by atoms with Crippen LogP contribution in [0.5, 0.6) is 0 Å². The monoisotopic (exact) mass is 204 g/mol. The van der Waals surface area contributed by atoms with Gasteiger partial charge in [-0.05, 0) is 46.5 Å². The number of thiophene rings is 1. The third-order valence-electron chi connectivity index (χ3n) is 2.18. The van der Waals surface area contributed by atoms with E-state index in [-0.39, 0.29) is 6.04 Å². The van der Waals surface area contributed by atoms with Crippen LogP contribution in [-0.2, 0) is 6.42 Å². The van der Waals surface area contributed by atoms with Gasteiger partial charge in [0.05, 0.1) is 0 Å². The van der Waals surface area contributed by atoms with E-state index in [1.54, 1.807) is 23.7 Å². The second-order valence-corrected chi connectivity index (χ2v) is 4.00. The highest BCUT2D eigenvalue weighted by molar-refractivity contribution is 7.07. The van der Waals surface area contributed by atoms with E-state index in [1.807, 2.05) is 12.1 Å². The Kier molecular flexibility index (Phi) is 2.91. The molecule has 2 N–H and O–H groups in total. The topological polar surface area (TPSA) is 38.9 Å². The van der Waals surface area contributed by atoms with E-state index in [0.29, 0.717) is 0 Å². The van der Waals surface area contributed by atoms with E-state index in [9.17, 15) is 0 Å². The third kappa shape index (κ3) is 2.19. The molecule has 0 aromatic carbocycles. The largest absolute Gasteiger partial charge is 0.324 e. The Morgan fingerprint density at radius 2 is 2.07 bits per heavy atom. The fourth-order valence-corrected chi connectivity index (χ4v) is 2.10. The highest BCUT2D eigenvalue weighted by Gasteiger charge is 2.06. The van der Waals surface area contributed by atoms with Crippen LogP contribution >= 0.6 is 11.3 Å². The Morgan fingerprint density at radius 3 is 2.71 bits per heavy atom. The molecule has 3 heteroatoms. The van der Waals surface area contributed by atoms with Gasteiger partial charge in [-0.3, -0.25) is 4.98 Å². The molecule has 0 saturated carbocycles. The highest BCUT2D eigenvalue weighted by Crippen LogP contribution is 2.17.